The summed E-state index contributed by atoms with van der Waals surface area (Å²) in [4.78, 5) is 4.28. The van der Waals surface area contributed by atoms with Crippen molar-refractivity contribution in [1.29, 1.82) is 0 Å². The van der Waals surface area contributed by atoms with Crippen LogP contribution in [0.2, 0.25) is 5.02 Å². The van der Waals surface area contributed by atoms with E-state index in [-0.39, 0.29) is 5.82 Å². The Bertz CT molecular complexity index is 568. The van der Waals surface area contributed by atoms with Gasteiger partial charge in [0, 0.05) is 5.92 Å². The van der Waals surface area contributed by atoms with Crippen LogP contribution in [0.25, 0.3) is 0 Å². The number of anilines is 1. The molecule has 1 saturated carbocycles. The van der Waals surface area contributed by atoms with E-state index in [0.717, 1.165) is 18.7 Å². The number of rotatable bonds is 4. The van der Waals surface area contributed by atoms with E-state index in [1.54, 1.807) is 6.07 Å². The topological polar surface area (TPSA) is 51.0 Å². The van der Waals surface area contributed by atoms with Crippen molar-refractivity contribution in [2.24, 2.45) is 0 Å². The minimum atomic E-state index is -0.362. The largest absolute Gasteiger partial charge is 0.375 e. The van der Waals surface area contributed by atoms with Gasteiger partial charge in [-0.05, 0) is 31.0 Å². The molecule has 1 fully saturated rings. The van der Waals surface area contributed by atoms with Crippen molar-refractivity contribution in [3.05, 3.63) is 40.8 Å². The highest BCUT2D eigenvalue weighted by Gasteiger charge is 2.28. The van der Waals surface area contributed by atoms with Gasteiger partial charge >= 0.3 is 0 Å². The summed E-state index contributed by atoms with van der Waals surface area (Å²) in [7, 11) is 0. The van der Waals surface area contributed by atoms with Gasteiger partial charge in [-0.1, -0.05) is 16.8 Å². The summed E-state index contributed by atoms with van der Waals surface area (Å²) in [5.41, 5.74) is 0.643. The van der Waals surface area contributed by atoms with Crippen LogP contribution in [0.1, 0.15) is 30.5 Å². The Morgan fingerprint density at radius 1 is 1.44 bits per heavy atom. The zero-order valence-corrected chi connectivity index (χ0v) is 10.2. The van der Waals surface area contributed by atoms with E-state index in [2.05, 4.69) is 15.5 Å². The van der Waals surface area contributed by atoms with Gasteiger partial charge in [0.25, 0.3) is 0 Å². The Morgan fingerprint density at radius 3 is 3.00 bits per heavy atom. The molecule has 1 aliphatic rings. The van der Waals surface area contributed by atoms with E-state index < -0.39 is 0 Å². The van der Waals surface area contributed by atoms with Crippen molar-refractivity contribution < 1.29 is 8.91 Å². The molecule has 0 unspecified atom stereocenters. The first-order valence-electron chi connectivity index (χ1n) is 5.74. The first kappa shape index (κ1) is 11.5. The molecule has 4 nitrogen and oxygen atoms in total. The molecule has 0 saturated heterocycles. The molecule has 0 atom stereocenters. The number of hydrogen-bond donors (Lipinski definition) is 1. The summed E-state index contributed by atoms with van der Waals surface area (Å²) in [5, 5.41) is 7.27. The lowest BCUT2D eigenvalue weighted by molar-refractivity contribution is 0.378. The molecular formula is C12H11ClFN3O. The number of aromatic nitrogens is 2. The van der Waals surface area contributed by atoms with Crippen LogP contribution in [-0.4, -0.2) is 10.1 Å². The molecule has 1 aliphatic carbocycles. The van der Waals surface area contributed by atoms with Crippen LogP contribution >= 0.6 is 11.6 Å². The number of benzene rings is 1. The maximum Gasteiger partial charge on any atom is 0.245 e. The van der Waals surface area contributed by atoms with Crippen molar-refractivity contribution in [2.45, 2.75) is 25.3 Å². The summed E-state index contributed by atoms with van der Waals surface area (Å²) in [6, 6.07) is 4.18. The summed E-state index contributed by atoms with van der Waals surface area (Å²) >= 11 is 5.89. The SMILES string of the molecule is Fc1ccc(NCc2nc(C3CC3)no2)c(Cl)c1. The molecule has 1 heterocycles. The van der Waals surface area contributed by atoms with Gasteiger partial charge in [-0.25, -0.2) is 4.39 Å². The summed E-state index contributed by atoms with van der Waals surface area (Å²) < 4.78 is 18.0. The normalized spacial score (nSPS) is 14.8. The minimum Gasteiger partial charge on any atom is -0.375 e. The van der Waals surface area contributed by atoms with Crippen molar-refractivity contribution in [3.63, 3.8) is 0 Å². The Hall–Kier alpha value is -1.62. The van der Waals surface area contributed by atoms with Crippen LogP contribution in [-0.2, 0) is 6.54 Å². The smallest absolute Gasteiger partial charge is 0.245 e. The van der Waals surface area contributed by atoms with Crippen LogP contribution in [0.4, 0.5) is 10.1 Å². The fourth-order valence-corrected chi connectivity index (χ4v) is 1.88. The molecule has 1 N–H and O–H groups in total. The molecule has 1 aromatic heterocycles. The lowest BCUT2D eigenvalue weighted by Gasteiger charge is -2.05. The highest BCUT2D eigenvalue weighted by atomic mass is 35.5. The number of nitrogens with zero attached hydrogens (tertiary/aromatic N) is 2. The molecule has 0 radical (unpaired) electrons. The van der Waals surface area contributed by atoms with E-state index in [4.69, 9.17) is 16.1 Å². The molecule has 0 amide bonds. The standard InChI is InChI=1S/C12H11ClFN3O/c13-9-5-8(14)3-4-10(9)15-6-11-16-12(17-18-11)7-1-2-7/h3-5,7,15H,1-2,6H2. The molecule has 2 aromatic rings. The Kier molecular flexibility index (Phi) is 2.91. The fourth-order valence-electron chi connectivity index (χ4n) is 1.65. The number of nitrogens with one attached hydrogen (secondary N) is 1. The first-order valence-corrected chi connectivity index (χ1v) is 6.11. The molecule has 6 heteroatoms. The third-order valence-electron chi connectivity index (χ3n) is 2.79. The molecule has 3 rings (SSSR count). The van der Waals surface area contributed by atoms with Gasteiger partial charge in [0.05, 0.1) is 17.3 Å². The summed E-state index contributed by atoms with van der Waals surface area (Å²) in [5.74, 6) is 1.39. The summed E-state index contributed by atoms with van der Waals surface area (Å²) in [6.07, 6.45) is 2.27. The van der Waals surface area contributed by atoms with Crippen LogP contribution in [0.3, 0.4) is 0 Å². The summed E-state index contributed by atoms with van der Waals surface area (Å²) in [6.45, 7) is 0.380. The molecular weight excluding hydrogens is 257 g/mol. The third-order valence-corrected chi connectivity index (χ3v) is 3.10. The average Bonchev–Trinajstić information content (AvgIpc) is 3.08. The van der Waals surface area contributed by atoms with Crippen molar-refractivity contribution in [1.82, 2.24) is 10.1 Å². The second-order valence-electron chi connectivity index (χ2n) is 4.30. The van der Waals surface area contributed by atoms with Crippen LogP contribution < -0.4 is 5.32 Å². The third kappa shape index (κ3) is 2.46. The van der Waals surface area contributed by atoms with Gasteiger partial charge in [0.2, 0.25) is 5.89 Å². The number of hydrogen-bond acceptors (Lipinski definition) is 4. The molecule has 0 aliphatic heterocycles. The molecule has 0 bridgehead atoms. The van der Waals surface area contributed by atoms with Gasteiger partial charge in [-0.2, -0.15) is 4.98 Å². The van der Waals surface area contributed by atoms with Crippen molar-refractivity contribution in [2.75, 3.05) is 5.32 Å². The van der Waals surface area contributed by atoms with Crippen molar-refractivity contribution in [3.8, 4) is 0 Å². The minimum absolute atomic E-state index is 0.330. The molecule has 18 heavy (non-hydrogen) atoms. The van der Waals surface area contributed by atoms with Crippen LogP contribution in [0.15, 0.2) is 22.7 Å². The van der Waals surface area contributed by atoms with Crippen LogP contribution in [0.5, 0.6) is 0 Å². The molecule has 94 valence electrons. The van der Waals surface area contributed by atoms with Gasteiger partial charge in [-0.3, -0.25) is 0 Å². The highest BCUT2D eigenvalue weighted by molar-refractivity contribution is 6.33. The lowest BCUT2D eigenvalue weighted by atomic mass is 10.3. The van der Waals surface area contributed by atoms with Crippen molar-refractivity contribution >= 4 is 17.3 Å². The average molecular weight is 268 g/mol. The Morgan fingerprint density at radius 2 is 2.28 bits per heavy atom. The fraction of sp³-hybridized carbons (Fsp3) is 0.333. The van der Waals surface area contributed by atoms with E-state index in [0.29, 0.717) is 29.1 Å². The molecule has 1 aromatic carbocycles. The predicted octanol–water partition coefficient (Wildman–Crippen LogP) is 3.35. The van der Waals surface area contributed by atoms with E-state index >= 15 is 0 Å². The van der Waals surface area contributed by atoms with Gasteiger partial charge in [-0.15, -0.1) is 0 Å². The second-order valence-corrected chi connectivity index (χ2v) is 4.71. The zero-order chi connectivity index (χ0) is 12.5. The van der Waals surface area contributed by atoms with Gasteiger partial charge in [0.15, 0.2) is 5.82 Å². The monoisotopic (exact) mass is 267 g/mol. The highest BCUT2D eigenvalue weighted by Crippen LogP contribution is 2.38. The Labute approximate surface area is 108 Å². The second kappa shape index (κ2) is 4.57. The quantitative estimate of drug-likeness (QED) is 0.923. The van der Waals surface area contributed by atoms with E-state index in [1.165, 1.54) is 12.1 Å². The predicted molar refractivity (Wildman–Crippen MR) is 65.0 cm³/mol. The molecule has 0 spiro atoms. The van der Waals surface area contributed by atoms with E-state index in [9.17, 15) is 4.39 Å². The maximum atomic E-state index is 12.9. The first-order chi connectivity index (χ1) is 8.72. The maximum absolute atomic E-state index is 12.9. The van der Waals surface area contributed by atoms with E-state index in [1.807, 2.05) is 0 Å². The number of halogens is 2. The van der Waals surface area contributed by atoms with Crippen LogP contribution in [0, 0.1) is 5.82 Å². The zero-order valence-electron chi connectivity index (χ0n) is 9.49. The Balaban J connectivity index is 1.65. The van der Waals surface area contributed by atoms with Gasteiger partial charge in [0.1, 0.15) is 5.82 Å². The lowest BCUT2D eigenvalue weighted by Crippen LogP contribution is -2.00. The van der Waals surface area contributed by atoms with Gasteiger partial charge < -0.3 is 9.84 Å².